The minimum atomic E-state index is -0.127. The number of halogens is 1. The highest BCUT2D eigenvalue weighted by Gasteiger charge is 2.18. The average Bonchev–Trinajstić information content (AvgIpc) is 3.08. The zero-order chi connectivity index (χ0) is 16.9. The highest BCUT2D eigenvalue weighted by atomic mass is 35.5. The predicted octanol–water partition coefficient (Wildman–Crippen LogP) is 4.16. The molecule has 5 nitrogen and oxygen atoms in total. The predicted molar refractivity (Wildman–Crippen MR) is 95.2 cm³/mol. The van der Waals surface area contributed by atoms with Gasteiger partial charge >= 0.3 is 0 Å². The van der Waals surface area contributed by atoms with Crippen LogP contribution in [0.2, 0.25) is 5.02 Å². The number of nitrogens with one attached hydrogen (secondary N) is 2. The van der Waals surface area contributed by atoms with Crippen molar-refractivity contribution in [3.63, 3.8) is 0 Å². The zero-order valence-electron chi connectivity index (χ0n) is 13.5. The van der Waals surface area contributed by atoms with E-state index in [4.69, 9.17) is 16.3 Å². The van der Waals surface area contributed by atoms with Crippen LogP contribution in [0.5, 0.6) is 5.75 Å². The second-order valence-corrected chi connectivity index (χ2v) is 6.27. The van der Waals surface area contributed by atoms with Gasteiger partial charge in [0.05, 0.1) is 12.1 Å². The Balaban J connectivity index is 1.70. The van der Waals surface area contributed by atoms with Crippen LogP contribution >= 0.6 is 11.6 Å². The van der Waals surface area contributed by atoms with Crippen molar-refractivity contribution in [2.75, 3.05) is 12.4 Å². The summed E-state index contributed by atoms with van der Waals surface area (Å²) in [7, 11) is 1.58. The SMILES string of the molecule is COc1ccc(Nc2ccnc(C(=O)NC3CCCC3)c2)cc1Cl. The van der Waals surface area contributed by atoms with E-state index in [1.54, 1.807) is 31.5 Å². The van der Waals surface area contributed by atoms with Gasteiger partial charge in [0.1, 0.15) is 11.4 Å². The molecule has 3 rings (SSSR count). The number of carbonyl (C=O) groups excluding carboxylic acids is 1. The molecule has 1 aromatic carbocycles. The Kier molecular flexibility index (Phi) is 5.20. The quantitative estimate of drug-likeness (QED) is 0.854. The molecule has 126 valence electrons. The summed E-state index contributed by atoms with van der Waals surface area (Å²) < 4.78 is 5.14. The van der Waals surface area contributed by atoms with Gasteiger partial charge < -0.3 is 15.4 Å². The van der Waals surface area contributed by atoms with Crippen LogP contribution < -0.4 is 15.4 Å². The van der Waals surface area contributed by atoms with Crippen molar-refractivity contribution in [1.82, 2.24) is 10.3 Å². The molecule has 0 unspecified atom stereocenters. The Labute approximate surface area is 146 Å². The van der Waals surface area contributed by atoms with Crippen molar-refractivity contribution < 1.29 is 9.53 Å². The second-order valence-electron chi connectivity index (χ2n) is 5.86. The number of amides is 1. The van der Waals surface area contributed by atoms with Gasteiger partial charge in [-0.15, -0.1) is 0 Å². The van der Waals surface area contributed by atoms with Gasteiger partial charge in [-0.1, -0.05) is 24.4 Å². The molecule has 0 bridgehead atoms. The number of rotatable bonds is 5. The first-order chi connectivity index (χ1) is 11.7. The number of pyridine rings is 1. The van der Waals surface area contributed by atoms with Gasteiger partial charge in [0, 0.05) is 23.6 Å². The topological polar surface area (TPSA) is 63.2 Å². The fraction of sp³-hybridized carbons (Fsp3) is 0.333. The molecular formula is C18H20ClN3O2. The van der Waals surface area contributed by atoms with Gasteiger partial charge in [-0.25, -0.2) is 0 Å². The Hall–Kier alpha value is -2.27. The van der Waals surface area contributed by atoms with Gasteiger partial charge in [0.25, 0.3) is 5.91 Å². The van der Waals surface area contributed by atoms with Gasteiger partial charge in [-0.3, -0.25) is 9.78 Å². The lowest BCUT2D eigenvalue weighted by atomic mass is 10.2. The Morgan fingerprint density at radius 2 is 1.96 bits per heavy atom. The lowest BCUT2D eigenvalue weighted by molar-refractivity contribution is 0.0933. The number of hydrogen-bond acceptors (Lipinski definition) is 4. The van der Waals surface area contributed by atoms with Crippen molar-refractivity contribution in [2.45, 2.75) is 31.7 Å². The van der Waals surface area contributed by atoms with Crippen molar-refractivity contribution in [3.8, 4) is 5.75 Å². The van der Waals surface area contributed by atoms with Crippen molar-refractivity contribution >= 4 is 28.9 Å². The molecule has 1 aliphatic rings. The largest absolute Gasteiger partial charge is 0.495 e. The van der Waals surface area contributed by atoms with E-state index < -0.39 is 0 Å². The van der Waals surface area contributed by atoms with Crippen LogP contribution in [0.4, 0.5) is 11.4 Å². The number of methoxy groups -OCH3 is 1. The molecule has 1 saturated carbocycles. The lowest BCUT2D eigenvalue weighted by Crippen LogP contribution is -2.33. The van der Waals surface area contributed by atoms with Crippen LogP contribution in [0, 0.1) is 0 Å². The van der Waals surface area contributed by atoms with Crippen LogP contribution in [0.15, 0.2) is 36.5 Å². The van der Waals surface area contributed by atoms with Gasteiger partial charge in [0.2, 0.25) is 0 Å². The van der Waals surface area contributed by atoms with Gasteiger partial charge in [-0.05, 0) is 43.2 Å². The number of nitrogens with zero attached hydrogens (tertiary/aromatic N) is 1. The number of benzene rings is 1. The average molecular weight is 346 g/mol. The van der Waals surface area contributed by atoms with E-state index in [9.17, 15) is 4.79 Å². The Morgan fingerprint density at radius 1 is 1.21 bits per heavy atom. The van der Waals surface area contributed by atoms with E-state index >= 15 is 0 Å². The minimum absolute atomic E-state index is 0.127. The van der Waals surface area contributed by atoms with E-state index in [2.05, 4.69) is 15.6 Å². The number of ether oxygens (including phenoxy) is 1. The molecular weight excluding hydrogens is 326 g/mol. The van der Waals surface area contributed by atoms with Crippen LogP contribution in [0.25, 0.3) is 0 Å². The first kappa shape index (κ1) is 16.6. The molecule has 24 heavy (non-hydrogen) atoms. The van der Waals surface area contributed by atoms with Crippen molar-refractivity contribution in [2.24, 2.45) is 0 Å². The standard InChI is InChI=1S/C18H20ClN3O2/c1-24-17-7-6-13(10-15(17)19)21-14-8-9-20-16(11-14)18(23)22-12-4-2-3-5-12/h6-12H,2-5H2,1H3,(H,20,21)(H,22,23). The summed E-state index contributed by atoms with van der Waals surface area (Å²) in [6, 6.07) is 9.26. The van der Waals surface area contributed by atoms with E-state index in [0.717, 1.165) is 24.2 Å². The summed E-state index contributed by atoms with van der Waals surface area (Å²) in [5.74, 6) is 0.492. The Morgan fingerprint density at radius 3 is 2.67 bits per heavy atom. The summed E-state index contributed by atoms with van der Waals surface area (Å²) >= 11 is 6.13. The third kappa shape index (κ3) is 3.97. The highest BCUT2D eigenvalue weighted by molar-refractivity contribution is 6.32. The molecule has 0 aliphatic heterocycles. The van der Waals surface area contributed by atoms with Crippen LogP contribution in [0.3, 0.4) is 0 Å². The summed E-state index contributed by atoms with van der Waals surface area (Å²) in [5.41, 5.74) is 2.00. The number of carbonyl (C=O) groups is 1. The molecule has 0 atom stereocenters. The second kappa shape index (κ2) is 7.53. The number of anilines is 2. The van der Waals surface area contributed by atoms with E-state index in [0.29, 0.717) is 16.5 Å². The fourth-order valence-corrected chi connectivity index (χ4v) is 3.13. The van der Waals surface area contributed by atoms with E-state index in [1.807, 2.05) is 12.1 Å². The molecule has 1 aromatic heterocycles. The first-order valence-corrected chi connectivity index (χ1v) is 8.41. The fourth-order valence-electron chi connectivity index (χ4n) is 2.87. The highest BCUT2D eigenvalue weighted by Crippen LogP contribution is 2.28. The minimum Gasteiger partial charge on any atom is -0.495 e. The molecule has 0 radical (unpaired) electrons. The number of hydrogen-bond donors (Lipinski definition) is 2. The molecule has 1 amide bonds. The van der Waals surface area contributed by atoms with Crippen molar-refractivity contribution in [1.29, 1.82) is 0 Å². The summed E-state index contributed by atoms with van der Waals surface area (Å²) in [6.45, 7) is 0. The molecule has 2 N–H and O–H groups in total. The molecule has 1 fully saturated rings. The summed E-state index contributed by atoms with van der Waals surface area (Å²) in [4.78, 5) is 16.5. The summed E-state index contributed by atoms with van der Waals surface area (Å²) in [5, 5.41) is 6.79. The third-order valence-electron chi connectivity index (χ3n) is 4.12. The van der Waals surface area contributed by atoms with Crippen LogP contribution in [0.1, 0.15) is 36.2 Å². The molecule has 1 heterocycles. The maximum Gasteiger partial charge on any atom is 0.270 e. The normalized spacial score (nSPS) is 14.4. The first-order valence-electron chi connectivity index (χ1n) is 8.03. The van der Waals surface area contributed by atoms with Crippen molar-refractivity contribution in [3.05, 3.63) is 47.2 Å². The lowest BCUT2D eigenvalue weighted by Gasteiger charge is -2.13. The molecule has 0 spiro atoms. The van der Waals surface area contributed by atoms with Crippen LogP contribution in [-0.2, 0) is 0 Å². The number of aromatic nitrogens is 1. The van der Waals surface area contributed by atoms with Gasteiger partial charge in [-0.2, -0.15) is 0 Å². The maximum absolute atomic E-state index is 12.3. The maximum atomic E-state index is 12.3. The smallest absolute Gasteiger partial charge is 0.270 e. The molecule has 6 heteroatoms. The zero-order valence-corrected chi connectivity index (χ0v) is 14.3. The van der Waals surface area contributed by atoms with Gasteiger partial charge in [0.15, 0.2) is 0 Å². The molecule has 2 aromatic rings. The monoisotopic (exact) mass is 345 g/mol. The van der Waals surface area contributed by atoms with Crippen LogP contribution in [-0.4, -0.2) is 24.0 Å². The molecule has 0 saturated heterocycles. The third-order valence-corrected chi connectivity index (χ3v) is 4.42. The molecule has 1 aliphatic carbocycles. The van der Waals surface area contributed by atoms with E-state index in [1.165, 1.54) is 12.8 Å². The summed E-state index contributed by atoms with van der Waals surface area (Å²) in [6.07, 6.45) is 6.08. The Bertz CT molecular complexity index is 730. The van der Waals surface area contributed by atoms with E-state index in [-0.39, 0.29) is 11.9 Å².